The average molecular weight is 263 g/mol. The molecule has 0 aliphatic carbocycles. The van der Waals surface area contributed by atoms with Crippen LogP contribution in [0.1, 0.15) is 12.5 Å². The van der Waals surface area contributed by atoms with Crippen molar-refractivity contribution in [3.8, 4) is 5.75 Å². The lowest BCUT2D eigenvalue weighted by atomic mass is 10.1. The molecule has 19 heavy (non-hydrogen) atoms. The minimum absolute atomic E-state index is 0.503. The van der Waals surface area contributed by atoms with Gasteiger partial charge in [-0.2, -0.15) is 0 Å². The normalized spacial score (nSPS) is 19.3. The minimum Gasteiger partial charge on any atom is -0.497 e. The number of nitrogens with two attached hydrogens (primary N) is 1. The number of ether oxygens (including phenoxy) is 1. The molecule has 0 radical (unpaired) electrons. The largest absolute Gasteiger partial charge is 0.497 e. The standard InChI is InChI=1S/C15H25N3O/c1-13(11-16)18-9-7-17(8-10-18)12-14-3-5-15(19-2)6-4-14/h3-6,13H,7-12,16H2,1-2H3. The first-order valence-electron chi connectivity index (χ1n) is 7.02. The Morgan fingerprint density at radius 1 is 1.16 bits per heavy atom. The first-order valence-corrected chi connectivity index (χ1v) is 7.02. The van der Waals surface area contributed by atoms with Crippen LogP contribution in [0.5, 0.6) is 5.75 Å². The fourth-order valence-corrected chi connectivity index (χ4v) is 2.50. The van der Waals surface area contributed by atoms with Crippen molar-refractivity contribution >= 4 is 0 Å². The third kappa shape index (κ3) is 3.93. The number of piperazine rings is 1. The maximum atomic E-state index is 5.72. The van der Waals surface area contributed by atoms with E-state index in [2.05, 4.69) is 28.9 Å². The number of benzene rings is 1. The summed E-state index contributed by atoms with van der Waals surface area (Å²) < 4.78 is 5.18. The summed E-state index contributed by atoms with van der Waals surface area (Å²) in [4.78, 5) is 4.98. The van der Waals surface area contributed by atoms with Crippen LogP contribution in [0.4, 0.5) is 0 Å². The highest BCUT2D eigenvalue weighted by molar-refractivity contribution is 5.27. The zero-order valence-electron chi connectivity index (χ0n) is 12.0. The Kier molecular flexibility index (Phi) is 5.19. The van der Waals surface area contributed by atoms with Gasteiger partial charge < -0.3 is 10.5 Å². The van der Waals surface area contributed by atoms with Gasteiger partial charge in [-0.05, 0) is 24.6 Å². The first kappa shape index (κ1) is 14.3. The van der Waals surface area contributed by atoms with Crippen molar-refractivity contribution in [2.24, 2.45) is 5.73 Å². The highest BCUT2D eigenvalue weighted by Gasteiger charge is 2.19. The molecule has 0 bridgehead atoms. The van der Waals surface area contributed by atoms with E-state index in [1.807, 2.05) is 12.1 Å². The minimum atomic E-state index is 0.503. The lowest BCUT2D eigenvalue weighted by molar-refractivity contribution is 0.100. The summed E-state index contributed by atoms with van der Waals surface area (Å²) in [7, 11) is 1.70. The van der Waals surface area contributed by atoms with Crippen LogP contribution in [0.2, 0.25) is 0 Å². The second-order valence-corrected chi connectivity index (χ2v) is 5.24. The van der Waals surface area contributed by atoms with Gasteiger partial charge >= 0.3 is 0 Å². The lowest BCUT2D eigenvalue weighted by Gasteiger charge is -2.37. The van der Waals surface area contributed by atoms with Crippen LogP contribution in [-0.2, 0) is 6.54 Å². The van der Waals surface area contributed by atoms with Crippen molar-refractivity contribution in [1.82, 2.24) is 9.80 Å². The van der Waals surface area contributed by atoms with E-state index in [0.717, 1.165) is 45.0 Å². The maximum Gasteiger partial charge on any atom is 0.118 e. The van der Waals surface area contributed by atoms with Gasteiger partial charge in [-0.1, -0.05) is 12.1 Å². The summed E-state index contributed by atoms with van der Waals surface area (Å²) in [6.45, 7) is 8.46. The summed E-state index contributed by atoms with van der Waals surface area (Å²) in [6, 6.07) is 8.86. The smallest absolute Gasteiger partial charge is 0.118 e. The van der Waals surface area contributed by atoms with Gasteiger partial charge in [0.05, 0.1) is 7.11 Å². The predicted molar refractivity (Wildman–Crippen MR) is 78.4 cm³/mol. The van der Waals surface area contributed by atoms with Crippen molar-refractivity contribution < 1.29 is 4.74 Å². The Bertz CT molecular complexity index is 371. The zero-order chi connectivity index (χ0) is 13.7. The van der Waals surface area contributed by atoms with Crippen LogP contribution in [0.25, 0.3) is 0 Å². The van der Waals surface area contributed by atoms with Crippen LogP contribution in [0.15, 0.2) is 24.3 Å². The van der Waals surface area contributed by atoms with Gasteiger partial charge in [0, 0.05) is 45.3 Å². The Morgan fingerprint density at radius 3 is 2.32 bits per heavy atom. The van der Waals surface area contributed by atoms with Gasteiger partial charge in [-0.25, -0.2) is 0 Å². The Morgan fingerprint density at radius 2 is 1.79 bits per heavy atom. The van der Waals surface area contributed by atoms with E-state index in [4.69, 9.17) is 10.5 Å². The molecule has 1 aliphatic rings. The predicted octanol–water partition coefficient (Wildman–Crippen LogP) is 1.16. The molecule has 1 atom stereocenters. The summed E-state index contributed by atoms with van der Waals surface area (Å²) in [5, 5.41) is 0. The van der Waals surface area contributed by atoms with Crippen LogP contribution in [-0.4, -0.2) is 55.7 Å². The molecule has 4 heteroatoms. The fourth-order valence-electron chi connectivity index (χ4n) is 2.50. The molecule has 1 aromatic carbocycles. The molecule has 4 nitrogen and oxygen atoms in total. The summed E-state index contributed by atoms with van der Waals surface area (Å²) in [6.07, 6.45) is 0. The molecule has 1 fully saturated rings. The van der Waals surface area contributed by atoms with Crippen molar-refractivity contribution in [2.45, 2.75) is 19.5 Å². The van der Waals surface area contributed by atoms with Gasteiger partial charge in [-0.3, -0.25) is 9.80 Å². The Balaban J connectivity index is 1.81. The number of rotatable bonds is 5. The topological polar surface area (TPSA) is 41.7 Å². The third-order valence-corrected chi connectivity index (χ3v) is 3.94. The van der Waals surface area contributed by atoms with Gasteiger partial charge in [0.1, 0.15) is 5.75 Å². The summed E-state index contributed by atoms with van der Waals surface area (Å²) in [5.41, 5.74) is 7.07. The average Bonchev–Trinajstić information content (AvgIpc) is 2.48. The second-order valence-electron chi connectivity index (χ2n) is 5.24. The van der Waals surface area contributed by atoms with E-state index in [-0.39, 0.29) is 0 Å². The van der Waals surface area contributed by atoms with Crippen molar-refractivity contribution in [2.75, 3.05) is 39.8 Å². The number of nitrogens with zero attached hydrogens (tertiary/aromatic N) is 2. The van der Waals surface area contributed by atoms with E-state index in [1.54, 1.807) is 7.11 Å². The molecule has 2 N–H and O–H groups in total. The van der Waals surface area contributed by atoms with Crippen LogP contribution in [0, 0.1) is 0 Å². The molecular formula is C15H25N3O. The van der Waals surface area contributed by atoms with Crippen molar-refractivity contribution in [3.63, 3.8) is 0 Å². The zero-order valence-corrected chi connectivity index (χ0v) is 12.0. The number of hydrogen-bond donors (Lipinski definition) is 1. The molecule has 1 aromatic rings. The third-order valence-electron chi connectivity index (χ3n) is 3.94. The van der Waals surface area contributed by atoms with E-state index in [9.17, 15) is 0 Å². The van der Waals surface area contributed by atoms with Crippen molar-refractivity contribution in [3.05, 3.63) is 29.8 Å². The molecule has 1 aliphatic heterocycles. The van der Waals surface area contributed by atoms with Gasteiger partial charge in [0.15, 0.2) is 0 Å². The highest BCUT2D eigenvalue weighted by atomic mass is 16.5. The van der Waals surface area contributed by atoms with Crippen molar-refractivity contribution in [1.29, 1.82) is 0 Å². The SMILES string of the molecule is COc1ccc(CN2CCN(C(C)CN)CC2)cc1. The fraction of sp³-hybridized carbons (Fsp3) is 0.600. The molecule has 1 heterocycles. The van der Waals surface area contributed by atoms with E-state index >= 15 is 0 Å². The highest BCUT2D eigenvalue weighted by Crippen LogP contribution is 2.14. The Hall–Kier alpha value is -1.10. The quantitative estimate of drug-likeness (QED) is 0.865. The molecular weight excluding hydrogens is 238 g/mol. The van der Waals surface area contributed by atoms with Crippen LogP contribution >= 0.6 is 0 Å². The molecule has 0 spiro atoms. The lowest BCUT2D eigenvalue weighted by Crippen LogP contribution is -2.50. The van der Waals surface area contributed by atoms with Crippen LogP contribution < -0.4 is 10.5 Å². The first-order chi connectivity index (χ1) is 9.22. The molecule has 1 unspecified atom stereocenters. The Labute approximate surface area is 116 Å². The van der Waals surface area contributed by atoms with Gasteiger partial charge in [0.25, 0.3) is 0 Å². The molecule has 106 valence electrons. The van der Waals surface area contributed by atoms with E-state index in [1.165, 1.54) is 5.56 Å². The summed E-state index contributed by atoms with van der Waals surface area (Å²) >= 11 is 0. The van der Waals surface area contributed by atoms with Crippen LogP contribution in [0.3, 0.4) is 0 Å². The molecule has 2 rings (SSSR count). The number of methoxy groups -OCH3 is 1. The molecule has 0 amide bonds. The van der Waals surface area contributed by atoms with E-state index in [0.29, 0.717) is 6.04 Å². The molecule has 0 aromatic heterocycles. The second kappa shape index (κ2) is 6.89. The van der Waals surface area contributed by atoms with Gasteiger partial charge in [0.2, 0.25) is 0 Å². The number of hydrogen-bond acceptors (Lipinski definition) is 4. The summed E-state index contributed by atoms with van der Waals surface area (Å²) in [5.74, 6) is 0.922. The van der Waals surface area contributed by atoms with E-state index < -0.39 is 0 Å². The monoisotopic (exact) mass is 263 g/mol. The maximum absolute atomic E-state index is 5.72. The van der Waals surface area contributed by atoms with Gasteiger partial charge in [-0.15, -0.1) is 0 Å². The molecule has 1 saturated heterocycles. The molecule has 0 saturated carbocycles.